The molecule has 0 radical (unpaired) electrons. The lowest BCUT2D eigenvalue weighted by atomic mass is 9.73. The largest absolute Gasteiger partial charge is 0.399 e. The quantitative estimate of drug-likeness (QED) is 0.740. The van der Waals surface area contributed by atoms with Gasteiger partial charge in [-0.3, -0.25) is 9.69 Å². The molecule has 2 aliphatic rings. The summed E-state index contributed by atoms with van der Waals surface area (Å²) in [7, 11) is 0. The van der Waals surface area contributed by atoms with Gasteiger partial charge in [-0.25, -0.2) is 0 Å². The van der Waals surface area contributed by atoms with Crippen molar-refractivity contribution in [3.8, 4) is 0 Å². The molecule has 0 unspecified atom stereocenters. The maximum atomic E-state index is 12.5. The van der Waals surface area contributed by atoms with Crippen molar-refractivity contribution in [2.45, 2.75) is 32.1 Å². The number of anilines is 1. The van der Waals surface area contributed by atoms with Gasteiger partial charge < -0.3 is 15.8 Å². The fraction of sp³-hybridized carbons (Fsp3) is 0.632. The summed E-state index contributed by atoms with van der Waals surface area (Å²) in [4.78, 5) is 15.0. The average molecular weight is 404 g/mol. The number of amides is 1. The van der Waals surface area contributed by atoms with Gasteiger partial charge in [0.25, 0.3) is 5.91 Å². The highest BCUT2D eigenvalue weighted by Gasteiger charge is 2.34. The Labute approximate surface area is 168 Å². The number of hydrogen-bond donors (Lipinski definition) is 2. The van der Waals surface area contributed by atoms with E-state index in [0.717, 1.165) is 39.4 Å². The second-order valence-corrected chi connectivity index (χ2v) is 7.26. The molecule has 5 nitrogen and oxygen atoms in total. The van der Waals surface area contributed by atoms with E-state index in [1.807, 2.05) is 12.1 Å². The second kappa shape index (κ2) is 11.0. The van der Waals surface area contributed by atoms with Crippen molar-refractivity contribution in [3.05, 3.63) is 29.8 Å². The number of nitrogens with one attached hydrogen (secondary N) is 1. The van der Waals surface area contributed by atoms with Crippen molar-refractivity contribution in [1.29, 1.82) is 0 Å². The van der Waals surface area contributed by atoms with Crippen LogP contribution in [0.5, 0.6) is 0 Å². The normalized spacial score (nSPS) is 19.7. The highest BCUT2D eigenvalue weighted by atomic mass is 35.5. The standard InChI is InChI=1S/C19H29N3O2.2ClH/c20-17-6-4-5-16(13-17)18(23)21-14-19(7-2-1-3-8-19)15-22-9-11-24-12-10-22;;/h4-6,13H,1-3,7-12,14-15,20H2,(H,21,23);2*1H. The first-order chi connectivity index (χ1) is 11.7. The molecule has 2 fully saturated rings. The highest BCUT2D eigenvalue weighted by molar-refractivity contribution is 5.95. The lowest BCUT2D eigenvalue weighted by molar-refractivity contribution is 0.00728. The number of benzene rings is 1. The molecule has 1 aromatic carbocycles. The first kappa shape index (κ1) is 23.0. The van der Waals surface area contributed by atoms with Crippen LogP contribution < -0.4 is 11.1 Å². The van der Waals surface area contributed by atoms with Crippen LogP contribution in [-0.2, 0) is 4.74 Å². The Kier molecular flexibility index (Phi) is 9.72. The third-order valence-corrected chi connectivity index (χ3v) is 5.35. The van der Waals surface area contributed by atoms with Crippen molar-refractivity contribution in [2.24, 2.45) is 5.41 Å². The number of carbonyl (C=O) groups is 1. The van der Waals surface area contributed by atoms with E-state index in [4.69, 9.17) is 10.5 Å². The molecular formula is C19H31Cl2N3O2. The van der Waals surface area contributed by atoms with Gasteiger partial charge in [0, 0.05) is 42.8 Å². The van der Waals surface area contributed by atoms with E-state index in [2.05, 4.69) is 10.2 Å². The van der Waals surface area contributed by atoms with E-state index in [9.17, 15) is 4.79 Å². The molecule has 26 heavy (non-hydrogen) atoms. The SMILES string of the molecule is Cl.Cl.Nc1cccc(C(=O)NCC2(CN3CCOCC3)CCCCC2)c1. The van der Waals surface area contributed by atoms with Crippen molar-refractivity contribution < 1.29 is 9.53 Å². The van der Waals surface area contributed by atoms with E-state index in [1.165, 1.54) is 32.1 Å². The van der Waals surface area contributed by atoms with Gasteiger partial charge in [0.1, 0.15) is 0 Å². The summed E-state index contributed by atoms with van der Waals surface area (Å²) < 4.78 is 5.47. The zero-order valence-electron chi connectivity index (χ0n) is 15.2. The van der Waals surface area contributed by atoms with Crippen LogP contribution >= 0.6 is 24.8 Å². The lowest BCUT2D eigenvalue weighted by Gasteiger charge is -2.42. The molecule has 1 saturated heterocycles. The van der Waals surface area contributed by atoms with Crippen LogP contribution in [0.1, 0.15) is 42.5 Å². The first-order valence-corrected chi connectivity index (χ1v) is 9.11. The molecule has 0 aromatic heterocycles. The minimum atomic E-state index is -0.0192. The predicted octanol–water partition coefficient (Wildman–Crippen LogP) is 3.12. The van der Waals surface area contributed by atoms with Crippen LogP contribution in [0.25, 0.3) is 0 Å². The Morgan fingerprint density at radius 3 is 2.50 bits per heavy atom. The maximum absolute atomic E-state index is 12.5. The summed E-state index contributed by atoms with van der Waals surface area (Å²) in [6.07, 6.45) is 6.23. The lowest BCUT2D eigenvalue weighted by Crippen LogP contribution is -2.49. The molecule has 7 heteroatoms. The van der Waals surface area contributed by atoms with Gasteiger partial charge in [0.2, 0.25) is 0 Å². The molecule has 1 heterocycles. The van der Waals surface area contributed by atoms with E-state index in [1.54, 1.807) is 12.1 Å². The average Bonchev–Trinajstić information content (AvgIpc) is 2.61. The van der Waals surface area contributed by atoms with E-state index in [0.29, 0.717) is 11.3 Å². The predicted molar refractivity (Wildman–Crippen MR) is 110 cm³/mol. The Morgan fingerprint density at radius 1 is 1.15 bits per heavy atom. The van der Waals surface area contributed by atoms with Gasteiger partial charge in [0.05, 0.1) is 13.2 Å². The van der Waals surface area contributed by atoms with Crippen LogP contribution in [0.3, 0.4) is 0 Å². The minimum Gasteiger partial charge on any atom is -0.399 e. The number of nitrogens with two attached hydrogens (primary N) is 1. The monoisotopic (exact) mass is 403 g/mol. The summed E-state index contributed by atoms with van der Waals surface area (Å²) in [5, 5.41) is 3.17. The van der Waals surface area contributed by atoms with Crippen molar-refractivity contribution in [1.82, 2.24) is 10.2 Å². The number of ether oxygens (including phenoxy) is 1. The Morgan fingerprint density at radius 2 is 1.85 bits per heavy atom. The number of rotatable bonds is 5. The van der Waals surface area contributed by atoms with Gasteiger partial charge in [-0.05, 0) is 31.0 Å². The number of carbonyl (C=O) groups excluding carboxylic acids is 1. The summed E-state index contributed by atoms with van der Waals surface area (Å²) in [5.41, 5.74) is 7.26. The molecule has 1 amide bonds. The third kappa shape index (κ3) is 6.31. The van der Waals surface area contributed by atoms with Crippen LogP contribution in [0.4, 0.5) is 5.69 Å². The number of nitrogen functional groups attached to an aromatic ring is 1. The van der Waals surface area contributed by atoms with Gasteiger partial charge in [-0.15, -0.1) is 24.8 Å². The van der Waals surface area contributed by atoms with Gasteiger partial charge in [0.15, 0.2) is 0 Å². The van der Waals surface area contributed by atoms with E-state index in [-0.39, 0.29) is 36.1 Å². The molecule has 3 rings (SSSR count). The van der Waals surface area contributed by atoms with Gasteiger partial charge >= 0.3 is 0 Å². The first-order valence-electron chi connectivity index (χ1n) is 9.11. The van der Waals surface area contributed by atoms with Crippen molar-refractivity contribution in [3.63, 3.8) is 0 Å². The Hall–Kier alpha value is -1.01. The fourth-order valence-corrected chi connectivity index (χ4v) is 3.98. The van der Waals surface area contributed by atoms with Crippen LogP contribution in [0, 0.1) is 5.41 Å². The smallest absolute Gasteiger partial charge is 0.251 e. The second-order valence-electron chi connectivity index (χ2n) is 7.26. The van der Waals surface area contributed by atoms with E-state index < -0.39 is 0 Å². The highest BCUT2D eigenvalue weighted by Crippen LogP contribution is 2.36. The molecule has 1 aromatic rings. The molecule has 148 valence electrons. The minimum absolute atomic E-state index is 0. The summed E-state index contributed by atoms with van der Waals surface area (Å²) in [5.74, 6) is -0.0192. The van der Waals surface area contributed by atoms with Gasteiger partial charge in [-0.1, -0.05) is 25.3 Å². The maximum Gasteiger partial charge on any atom is 0.251 e. The zero-order chi connectivity index (χ0) is 16.8. The topological polar surface area (TPSA) is 67.6 Å². The molecular weight excluding hydrogens is 373 g/mol. The zero-order valence-corrected chi connectivity index (χ0v) is 16.9. The number of morpholine rings is 1. The number of hydrogen-bond acceptors (Lipinski definition) is 4. The molecule has 1 saturated carbocycles. The van der Waals surface area contributed by atoms with Crippen LogP contribution in [-0.4, -0.2) is 50.2 Å². The molecule has 0 spiro atoms. The van der Waals surface area contributed by atoms with Crippen molar-refractivity contribution >= 4 is 36.4 Å². The Bertz CT molecular complexity index is 559. The van der Waals surface area contributed by atoms with Crippen LogP contribution in [0.15, 0.2) is 24.3 Å². The Balaban J connectivity index is 0.00000169. The van der Waals surface area contributed by atoms with Crippen LogP contribution in [0.2, 0.25) is 0 Å². The van der Waals surface area contributed by atoms with E-state index >= 15 is 0 Å². The number of nitrogens with zero attached hydrogens (tertiary/aromatic N) is 1. The van der Waals surface area contributed by atoms with Crippen molar-refractivity contribution in [2.75, 3.05) is 45.1 Å². The molecule has 0 bridgehead atoms. The molecule has 3 N–H and O–H groups in total. The molecule has 1 aliphatic heterocycles. The summed E-state index contributed by atoms with van der Waals surface area (Å²) in [6, 6.07) is 7.19. The summed E-state index contributed by atoms with van der Waals surface area (Å²) >= 11 is 0. The van der Waals surface area contributed by atoms with Gasteiger partial charge in [-0.2, -0.15) is 0 Å². The molecule has 0 atom stereocenters. The molecule has 1 aliphatic carbocycles. The summed E-state index contributed by atoms with van der Waals surface area (Å²) in [6.45, 7) is 5.47. The third-order valence-electron chi connectivity index (χ3n) is 5.35. The fourth-order valence-electron chi connectivity index (χ4n) is 3.98. The number of halogens is 2.